The highest BCUT2D eigenvalue weighted by atomic mass is 32.2. The van der Waals surface area contributed by atoms with Crippen LogP contribution in [0, 0.1) is 17.8 Å². The fourth-order valence-electron chi connectivity index (χ4n) is 5.56. The zero-order chi connectivity index (χ0) is 24.2. The Morgan fingerprint density at radius 2 is 2.09 bits per heavy atom. The van der Waals surface area contributed by atoms with Crippen LogP contribution in [0.1, 0.15) is 49.4 Å². The van der Waals surface area contributed by atoms with E-state index in [2.05, 4.69) is 17.2 Å². The lowest BCUT2D eigenvalue weighted by Gasteiger charge is -2.28. The molecule has 184 valence electrons. The van der Waals surface area contributed by atoms with Crippen molar-refractivity contribution in [1.29, 1.82) is 0 Å². The van der Waals surface area contributed by atoms with Gasteiger partial charge in [-0.3, -0.25) is 14.2 Å². The molecule has 2 aromatic rings. The predicted octanol–water partition coefficient (Wildman–Crippen LogP) is 3.25. The van der Waals surface area contributed by atoms with Gasteiger partial charge in [0.25, 0.3) is 5.56 Å². The number of carbonyl (C=O) groups excluding carboxylic acids is 2. The first-order chi connectivity index (χ1) is 16.4. The molecule has 0 spiro atoms. The molecule has 2 bridgehead atoms. The zero-order valence-electron chi connectivity index (χ0n) is 20.0. The van der Waals surface area contributed by atoms with E-state index in [0.29, 0.717) is 47.1 Å². The van der Waals surface area contributed by atoms with Gasteiger partial charge in [-0.15, -0.1) is 0 Å². The van der Waals surface area contributed by atoms with Crippen LogP contribution < -0.4 is 10.9 Å². The minimum absolute atomic E-state index is 0.0543. The summed E-state index contributed by atoms with van der Waals surface area (Å²) >= 11 is 1.24. The topological polar surface area (TPSA) is 99.5 Å². The maximum Gasteiger partial charge on any atom is 0.337 e. The molecule has 34 heavy (non-hydrogen) atoms. The second-order valence-electron chi connectivity index (χ2n) is 9.40. The minimum Gasteiger partial charge on any atom is -0.465 e. The summed E-state index contributed by atoms with van der Waals surface area (Å²) in [4.78, 5) is 42.6. The standard InChI is InChI=1S/C25H33N3O5S/c1-15(20-12-16-5-6-17(20)11-16)26-22(29)14-34-25-27-21-13-18(24(31)33-3)7-8-19(21)23(30)28(25)9-4-10-32-2/h7-8,13,15-17,20H,4-6,9-12,14H2,1-3H3,(H,26,29)/t15-,16+,17+,20+/m1/s1. The molecule has 2 aliphatic carbocycles. The van der Waals surface area contributed by atoms with E-state index in [9.17, 15) is 14.4 Å². The molecule has 0 aliphatic heterocycles. The number of thioether (sulfide) groups is 1. The van der Waals surface area contributed by atoms with Crippen molar-refractivity contribution in [3.63, 3.8) is 0 Å². The third kappa shape index (κ3) is 5.30. The summed E-state index contributed by atoms with van der Waals surface area (Å²) in [5, 5.41) is 4.05. The highest BCUT2D eigenvalue weighted by Crippen LogP contribution is 2.49. The largest absolute Gasteiger partial charge is 0.465 e. The number of benzene rings is 1. The van der Waals surface area contributed by atoms with Crippen LogP contribution in [0.4, 0.5) is 0 Å². The van der Waals surface area contributed by atoms with E-state index in [-0.39, 0.29) is 23.3 Å². The Balaban J connectivity index is 1.51. The van der Waals surface area contributed by atoms with Crippen LogP contribution >= 0.6 is 11.8 Å². The molecule has 0 saturated heterocycles. The van der Waals surface area contributed by atoms with Gasteiger partial charge in [0.15, 0.2) is 5.16 Å². The normalized spacial score (nSPS) is 22.1. The fraction of sp³-hybridized carbons (Fsp3) is 0.600. The molecule has 1 heterocycles. The first-order valence-electron chi connectivity index (χ1n) is 11.9. The number of methoxy groups -OCH3 is 2. The van der Waals surface area contributed by atoms with Crippen molar-refractivity contribution in [2.24, 2.45) is 17.8 Å². The van der Waals surface area contributed by atoms with Gasteiger partial charge in [0.1, 0.15) is 0 Å². The number of aromatic nitrogens is 2. The van der Waals surface area contributed by atoms with Gasteiger partial charge in [0, 0.05) is 26.3 Å². The number of nitrogens with one attached hydrogen (secondary N) is 1. The summed E-state index contributed by atoms with van der Waals surface area (Å²) in [5.74, 6) is 1.77. The average molecular weight is 488 g/mol. The lowest BCUT2D eigenvalue weighted by molar-refractivity contribution is -0.119. The van der Waals surface area contributed by atoms with Gasteiger partial charge < -0.3 is 14.8 Å². The van der Waals surface area contributed by atoms with Gasteiger partial charge in [-0.2, -0.15) is 0 Å². The molecule has 4 rings (SSSR count). The number of amides is 1. The maximum absolute atomic E-state index is 13.2. The highest BCUT2D eigenvalue weighted by Gasteiger charge is 2.42. The smallest absolute Gasteiger partial charge is 0.337 e. The van der Waals surface area contributed by atoms with Crippen LogP contribution in [0.5, 0.6) is 0 Å². The van der Waals surface area contributed by atoms with Crippen molar-refractivity contribution in [3.05, 3.63) is 34.1 Å². The number of hydrogen-bond acceptors (Lipinski definition) is 7. The highest BCUT2D eigenvalue weighted by molar-refractivity contribution is 7.99. The predicted molar refractivity (Wildman–Crippen MR) is 131 cm³/mol. The van der Waals surface area contributed by atoms with Crippen molar-refractivity contribution >= 4 is 34.5 Å². The first kappa shape index (κ1) is 24.7. The molecule has 2 saturated carbocycles. The Kier molecular flexibility index (Phi) is 7.93. The molecule has 4 atom stereocenters. The first-order valence-corrected chi connectivity index (χ1v) is 12.9. The Morgan fingerprint density at radius 1 is 1.26 bits per heavy atom. The van der Waals surface area contributed by atoms with Gasteiger partial charge in [0.05, 0.1) is 29.3 Å². The van der Waals surface area contributed by atoms with Gasteiger partial charge in [-0.05, 0) is 68.6 Å². The van der Waals surface area contributed by atoms with Crippen molar-refractivity contribution in [1.82, 2.24) is 14.9 Å². The summed E-state index contributed by atoms with van der Waals surface area (Å²) in [6.45, 7) is 3.05. The second-order valence-corrected chi connectivity index (χ2v) is 10.3. The van der Waals surface area contributed by atoms with E-state index in [0.717, 1.165) is 11.8 Å². The van der Waals surface area contributed by atoms with E-state index < -0.39 is 5.97 Å². The number of nitrogens with zero attached hydrogens (tertiary/aromatic N) is 2. The van der Waals surface area contributed by atoms with Crippen molar-refractivity contribution in [2.45, 2.75) is 56.8 Å². The van der Waals surface area contributed by atoms with Crippen LogP contribution in [0.25, 0.3) is 10.9 Å². The number of hydrogen-bond donors (Lipinski definition) is 1. The number of rotatable bonds is 10. The Bertz CT molecular complexity index is 1120. The summed E-state index contributed by atoms with van der Waals surface area (Å²) in [6, 6.07) is 4.87. The molecule has 1 N–H and O–H groups in total. The Hall–Kier alpha value is -2.39. The van der Waals surface area contributed by atoms with Crippen LogP contribution in [-0.4, -0.2) is 54.0 Å². The summed E-state index contributed by atoms with van der Waals surface area (Å²) < 4.78 is 11.5. The second kappa shape index (κ2) is 10.9. The van der Waals surface area contributed by atoms with Crippen LogP contribution in [-0.2, 0) is 20.8 Å². The minimum atomic E-state index is -0.490. The fourth-order valence-corrected chi connectivity index (χ4v) is 6.40. The third-order valence-corrected chi connectivity index (χ3v) is 8.20. The molecule has 1 aromatic carbocycles. The van der Waals surface area contributed by atoms with Crippen LogP contribution in [0.2, 0.25) is 0 Å². The molecule has 0 radical (unpaired) electrons. The molecule has 8 nitrogen and oxygen atoms in total. The molecule has 1 amide bonds. The summed E-state index contributed by atoms with van der Waals surface area (Å²) in [7, 11) is 2.93. The Morgan fingerprint density at radius 3 is 2.76 bits per heavy atom. The zero-order valence-corrected chi connectivity index (χ0v) is 20.9. The average Bonchev–Trinajstić information content (AvgIpc) is 3.47. The van der Waals surface area contributed by atoms with E-state index in [4.69, 9.17) is 9.47 Å². The number of fused-ring (bicyclic) bond motifs is 3. The van der Waals surface area contributed by atoms with Gasteiger partial charge in [-0.1, -0.05) is 18.2 Å². The van der Waals surface area contributed by atoms with Crippen LogP contribution in [0.15, 0.2) is 28.2 Å². The lowest BCUT2D eigenvalue weighted by Crippen LogP contribution is -2.41. The van der Waals surface area contributed by atoms with E-state index in [1.165, 1.54) is 44.6 Å². The van der Waals surface area contributed by atoms with Gasteiger partial charge in [-0.25, -0.2) is 9.78 Å². The summed E-state index contributed by atoms with van der Waals surface area (Å²) in [5.41, 5.74) is 0.539. The molecular formula is C25H33N3O5S. The lowest BCUT2D eigenvalue weighted by atomic mass is 9.84. The van der Waals surface area contributed by atoms with Crippen molar-refractivity contribution < 1.29 is 19.1 Å². The number of ether oxygens (including phenoxy) is 2. The van der Waals surface area contributed by atoms with Crippen molar-refractivity contribution in [2.75, 3.05) is 26.6 Å². The van der Waals surface area contributed by atoms with E-state index >= 15 is 0 Å². The molecule has 9 heteroatoms. The van der Waals surface area contributed by atoms with Gasteiger partial charge >= 0.3 is 5.97 Å². The summed E-state index contributed by atoms with van der Waals surface area (Å²) in [6.07, 6.45) is 5.79. The molecule has 2 fully saturated rings. The monoisotopic (exact) mass is 487 g/mol. The molecular weight excluding hydrogens is 454 g/mol. The Labute approximate surface area is 203 Å². The number of esters is 1. The third-order valence-electron chi connectivity index (χ3n) is 7.23. The molecule has 1 aromatic heterocycles. The maximum atomic E-state index is 13.2. The SMILES string of the molecule is COCCCn1c(SCC(=O)N[C@H](C)[C@@H]2C[C@H]3CC[C@H]2C3)nc2cc(C(=O)OC)ccc2c1=O. The van der Waals surface area contributed by atoms with Gasteiger partial charge in [0.2, 0.25) is 5.91 Å². The quantitative estimate of drug-likeness (QED) is 0.238. The van der Waals surface area contributed by atoms with Crippen molar-refractivity contribution in [3.8, 4) is 0 Å². The van der Waals surface area contributed by atoms with Crippen LogP contribution in [0.3, 0.4) is 0 Å². The van der Waals surface area contributed by atoms with E-state index in [1.807, 2.05) is 0 Å². The molecule has 0 unspecified atom stereocenters. The van der Waals surface area contributed by atoms with E-state index in [1.54, 1.807) is 29.9 Å². The molecule has 2 aliphatic rings. The number of carbonyl (C=O) groups is 2.